The number of halogens is 1. The zero-order chi connectivity index (χ0) is 17.6. The van der Waals surface area contributed by atoms with Crippen molar-refractivity contribution in [2.24, 2.45) is 0 Å². The molecule has 130 valence electrons. The number of carbonyl (C=O) groups excluding carboxylic acids is 1. The molecule has 0 unspecified atom stereocenters. The van der Waals surface area contributed by atoms with Crippen LogP contribution in [0.15, 0.2) is 28.7 Å². The molecule has 1 aliphatic heterocycles. The molecule has 1 amide bonds. The molecule has 0 bridgehead atoms. The molecule has 6 heteroatoms. The second kappa shape index (κ2) is 6.02. The Kier molecular flexibility index (Phi) is 3.82. The number of carbonyl (C=O) groups is 1. The molecule has 1 fully saturated rings. The van der Waals surface area contributed by atoms with E-state index >= 15 is 0 Å². The Bertz CT molecular complexity index is 943. The first kappa shape index (κ1) is 15.9. The number of furan rings is 1. The Labute approximate surface area is 144 Å². The predicted molar refractivity (Wildman–Crippen MR) is 91.9 cm³/mol. The zero-order valence-electron chi connectivity index (χ0n) is 14.3. The molecule has 3 aromatic rings. The molecule has 25 heavy (non-hydrogen) atoms. The number of piperidine rings is 1. The molecule has 1 N–H and O–H groups in total. The standard InChI is InChI=1S/C19H20FN3O2/c1-11-9-14(12(2)25-11)19(24)23-8-4-3-5-17(23)18-21-15-7-6-13(20)10-16(15)22-18/h6-7,9-10,17H,3-5,8H2,1-2H3,(H,21,22)/t17-/m1/s1. The van der Waals surface area contributed by atoms with Crippen molar-refractivity contribution in [1.82, 2.24) is 14.9 Å². The van der Waals surface area contributed by atoms with E-state index in [1.54, 1.807) is 12.1 Å². The van der Waals surface area contributed by atoms with Gasteiger partial charge in [0.15, 0.2) is 0 Å². The second-order valence-corrected chi connectivity index (χ2v) is 6.62. The summed E-state index contributed by atoms with van der Waals surface area (Å²) in [5, 5.41) is 0. The number of likely N-dealkylation sites (tertiary alicyclic amines) is 1. The number of hydrogen-bond donors (Lipinski definition) is 1. The quantitative estimate of drug-likeness (QED) is 0.757. The summed E-state index contributed by atoms with van der Waals surface area (Å²) < 4.78 is 19.0. The van der Waals surface area contributed by atoms with Gasteiger partial charge in [0.1, 0.15) is 23.2 Å². The number of nitrogens with one attached hydrogen (secondary N) is 1. The summed E-state index contributed by atoms with van der Waals surface area (Å²) >= 11 is 0. The molecule has 0 spiro atoms. The largest absolute Gasteiger partial charge is 0.466 e. The van der Waals surface area contributed by atoms with E-state index < -0.39 is 0 Å². The van der Waals surface area contributed by atoms with E-state index in [0.717, 1.165) is 25.0 Å². The van der Waals surface area contributed by atoms with Crippen molar-refractivity contribution in [2.75, 3.05) is 6.54 Å². The van der Waals surface area contributed by atoms with Crippen molar-refractivity contribution in [1.29, 1.82) is 0 Å². The summed E-state index contributed by atoms with van der Waals surface area (Å²) in [5.74, 6) is 1.74. The first-order valence-corrected chi connectivity index (χ1v) is 8.56. The number of amides is 1. The summed E-state index contributed by atoms with van der Waals surface area (Å²) in [6, 6.07) is 6.14. The fraction of sp³-hybridized carbons (Fsp3) is 0.368. The minimum atomic E-state index is -0.302. The topological polar surface area (TPSA) is 62.1 Å². The van der Waals surface area contributed by atoms with Gasteiger partial charge in [0, 0.05) is 6.54 Å². The van der Waals surface area contributed by atoms with Crippen LogP contribution in [-0.4, -0.2) is 27.3 Å². The van der Waals surface area contributed by atoms with Gasteiger partial charge in [-0.05, 0) is 57.4 Å². The highest BCUT2D eigenvalue weighted by Crippen LogP contribution is 2.32. The number of aryl methyl sites for hydroxylation is 2. The van der Waals surface area contributed by atoms with Crippen LogP contribution in [0.25, 0.3) is 11.0 Å². The Hall–Kier alpha value is -2.63. The molecule has 5 nitrogen and oxygen atoms in total. The Morgan fingerprint density at radius 3 is 2.92 bits per heavy atom. The van der Waals surface area contributed by atoms with E-state index in [-0.39, 0.29) is 17.8 Å². The van der Waals surface area contributed by atoms with Crippen molar-refractivity contribution in [3.63, 3.8) is 0 Å². The molecular formula is C19H20FN3O2. The average Bonchev–Trinajstić information content (AvgIpc) is 3.16. The van der Waals surface area contributed by atoms with E-state index in [1.807, 2.05) is 18.7 Å². The number of nitrogens with zero attached hydrogens (tertiary/aromatic N) is 2. The lowest BCUT2D eigenvalue weighted by Gasteiger charge is -2.34. The Morgan fingerprint density at radius 2 is 2.16 bits per heavy atom. The van der Waals surface area contributed by atoms with Crippen LogP contribution in [0.2, 0.25) is 0 Å². The molecule has 0 aliphatic carbocycles. The number of rotatable bonds is 2. The maximum absolute atomic E-state index is 13.4. The number of fused-ring (bicyclic) bond motifs is 1. The molecule has 0 radical (unpaired) electrons. The lowest BCUT2D eigenvalue weighted by molar-refractivity contribution is 0.0599. The maximum atomic E-state index is 13.4. The highest BCUT2D eigenvalue weighted by atomic mass is 19.1. The van der Waals surface area contributed by atoms with Gasteiger partial charge in [0.2, 0.25) is 0 Å². The zero-order valence-corrected chi connectivity index (χ0v) is 14.3. The monoisotopic (exact) mass is 341 g/mol. The maximum Gasteiger partial charge on any atom is 0.258 e. The molecule has 1 aliphatic rings. The molecule has 1 saturated heterocycles. The summed E-state index contributed by atoms with van der Waals surface area (Å²) in [7, 11) is 0. The predicted octanol–water partition coefficient (Wildman–Crippen LogP) is 4.28. The number of aromatic amines is 1. The van der Waals surface area contributed by atoms with E-state index in [9.17, 15) is 9.18 Å². The van der Waals surface area contributed by atoms with Crippen molar-refractivity contribution in [3.8, 4) is 0 Å². The highest BCUT2D eigenvalue weighted by molar-refractivity contribution is 5.95. The lowest BCUT2D eigenvalue weighted by atomic mass is 10.00. The minimum absolute atomic E-state index is 0.0364. The van der Waals surface area contributed by atoms with Gasteiger partial charge in [-0.25, -0.2) is 9.37 Å². The van der Waals surface area contributed by atoms with Gasteiger partial charge in [-0.1, -0.05) is 0 Å². The minimum Gasteiger partial charge on any atom is -0.466 e. The Morgan fingerprint density at radius 1 is 1.32 bits per heavy atom. The van der Waals surface area contributed by atoms with Crippen molar-refractivity contribution in [2.45, 2.75) is 39.2 Å². The van der Waals surface area contributed by atoms with Gasteiger partial charge in [-0.2, -0.15) is 0 Å². The van der Waals surface area contributed by atoms with Crippen LogP contribution in [0.5, 0.6) is 0 Å². The van der Waals surface area contributed by atoms with Gasteiger partial charge in [-0.3, -0.25) is 4.79 Å². The summed E-state index contributed by atoms with van der Waals surface area (Å²) in [5.41, 5.74) is 1.97. The van der Waals surface area contributed by atoms with E-state index in [0.29, 0.717) is 34.7 Å². The molecule has 1 atom stereocenters. The summed E-state index contributed by atoms with van der Waals surface area (Å²) in [4.78, 5) is 22.7. The van der Waals surface area contributed by atoms with Crippen LogP contribution in [0.3, 0.4) is 0 Å². The fourth-order valence-electron chi connectivity index (χ4n) is 3.62. The van der Waals surface area contributed by atoms with E-state index in [1.165, 1.54) is 12.1 Å². The summed E-state index contributed by atoms with van der Waals surface area (Å²) in [6.07, 6.45) is 2.83. The summed E-state index contributed by atoms with van der Waals surface area (Å²) in [6.45, 7) is 4.33. The van der Waals surface area contributed by atoms with Gasteiger partial charge >= 0.3 is 0 Å². The average molecular weight is 341 g/mol. The first-order valence-electron chi connectivity index (χ1n) is 8.56. The molecule has 0 saturated carbocycles. The third-order valence-electron chi connectivity index (χ3n) is 4.81. The van der Waals surface area contributed by atoms with Gasteiger partial charge in [0.05, 0.1) is 22.6 Å². The normalized spacial score (nSPS) is 18.0. The third-order valence-corrected chi connectivity index (χ3v) is 4.81. The van der Waals surface area contributed by atoms with Crippen LogP contribution in [-0.2, 0) is 0 Å². The van der Waals surface area contributed by atoms with Crippen LogP contribution < -0.4 is 0 Å². The first-order chi connectivity index (χ1) is 12.0. The van der Waals surface area contributed by atoms with Crippen molar-refractivity contribution >= 4 is 16.9 Å². The van der Waals surface area contributed by atoms with Crippen LogP contribution >= 0.6 is 0 Å². The fourth-order valence-corrected chi connectivity index (χ4v) is 3.62. The molecule has 3 heterocycles. The van der Waals surface area contributed by atoms with Gasteiger partial charge in [-0.15, -0.1) is 0 Å². The lowest BCUT2D eigenvalue weighted by Crippen LogP contribution is -2.39. The van der Waals surface area contributed by atoms with Crippen LogP contribution in [0.1, 0.15) is 53.0 Å². The molecule has 4 rings (SSSR count). The van der Waals surface area contributed by atoms with Crippen molar-refractivity contribution in [3.05, 3.63) is 53.0 Å². The SMILES string of the molecule is Cc1cc(C(=O)N2CCCC[C@@H]2c2nc3ccc(F)cc3[nH]2)c(C)o1. The van der Waals surface area contributed by atoms with Crippen LogP contribution in [0, 0.1) is 19.7 Å². The molecule has 1 aromatic carbocycles. The highest BCUT2D eigenvalue weighted by Gasteiger charge is 2.32. The Balaban J connectivity index is 1.70. The third kappa shape index (κ3) is 2.81. The smallest absolute Gasteiger partial charge is 0.258 e. The van der Waals surface area contributed by atoms with Crippen LogP contribution in [0.4, 0.5) is 4.39 Å². The number of hydrogen-bond acceptors (Lipinski definition) is 3. The number of benzene rings is 1. The number of H-pyrrole nitrogens is 1. The number of aromatic nitrogens is 2. The van der Waals surface area contributed by atoms with Gasteiger partial charge < -0.3 is 14.3 Å². The van der Waals surface area contributed by atoms with Gasteiger partial charge in [0.25, 0.3) is 5.91 Å². The molecular weight excluding hydrogens is 321 g/mol. The number of imidazole rings is 1. The second-order valence-electron chi connectivity index (χ2n) is 6.62. The van der Waals surface area contributed by atoms with E-state index in [4.69, 9.17) is 4.42 Å². The molecule has 2 aromatic heterocycles. The van der Waals surface area contributed by atoms with E-state index in [2.05, 4.69) is 9.97 Å². The van der Waals surface area contributed by atoms with Crippen molar-refractivity contribution < 1.29 is 13.6 Å².